The summed E-state index contributed by atoms with van der Waals surface area (Å²) in [6.45, 7) is 8.83. The van der Waals surface area contributed by atoms with Gasteiger partial charge in [-0.2, -0.15) is 0 Å². The fourth-order valence-electron chi connectivity index (χ4n) is 2.12. The highest BCUT2D eigenvalue weighted by Gasteiger charge is 2.29. The minimum atomic E-state index is 0.104. The van der Waals surface area contributed by atoms with Gasteiger partial charge >= 0.3 is 0 Å². The van der Waals surface area contributed by atoms with Crippen molar-refractivity contribution in [2.24, 2.45) is 11.7 Å². The molecule has 3 heteroatoms. The van der Waals surface area contributed by atoms with E-state index < -0.39 is 0 Å². The molecule has 1 rings (SSSR count). The zero-order valence-corrected chi connectivity index (χ0v) is 11.7. The Labute approximate surface area is 105 Å². The molecular weight excluding hydrogens is 212 g/mol. The molecule has 3 nitrogen and oxygen atoms in total. The lowest BCUT2D eigenvalue weighted by molar-refractivity contribution is 0.111. The molecule has 1 heterocycles. The quantitative estimate of drug-likeness (QED) is 0.828. The molecule has 1 aromatic heterocycles. The summed E-state index contributed by atoms with van der Waals surface area (Å²) in [5, 5.41) is 0. The summed E-state index contributed by atoms with van der Waals surface area (Å²) in [5.41, 5.74) is 6.25. The first-order valence-electron chi connectivity index (χ1n) is 6.49. The Morgan fingerprint density at radius 3 is 2.41 bits per heavy atom. The first-order chi connectivity index (χ1) is 7.99. The maximum Gasteiger partial charge on any atom is 0.122 e. The molecule has 0 amide bonds. The van der Waals surface area contributed by atoms with Crippen LogP contribution in [0.4, 0.5) is 0 Å². The SMILES string of the molecule is CCC(N)C(c1ccco1)N(C)C(C)C(C)C. The van der Waals surface area contributed by atoms with Crippen LogP contribution in [0.25, 0.3) is 0 Å². The van der Waals surface area contributed by atoms with Gasteiger partial charge in [0, 0.05) is 12.1 Å². The number of rotatable bonds is 6. The average Bonchev–Trinajstić information content (AvgIpc) is 2.81. The second-order valence-corrected chi connectivity index (χ2v) is 5.18. The summed E-state index contributed by atoms with van der Waals surface area (Å²) >= 11 is 0. The first kappa shape index (κ1) is 14.3. The summed E-state index contributed by atoms with van der Waals surface area (Å²) in [6.07, 6.45) is 2.67. The summed E-state index contributed by atoms with van der Waals surface area (Å²) in [6, 6.07) is 4.69. The third kappa shape index (κ3) is 3.33. The van der Waals surface area contributed by atoms with Gasteiger partial charge < -0.3 is 10.2 Å². The molecule has 0 saturated carbocycles. The average molecular weight is 238 g/mol. The van der Waals surface area contributed by atoms with Crippen molar-refractivity contribution in [3.8, 4) is 0 Å². The molecule has 98 valence electrons. The molecule has 0 radical (unpaired) electrons. The van der Waals surface area contributed by atoms with E-state index in [4.69, 9.17) is 10.2 Å². The summed E-state index contributed by atoms with van der Waals surface area (Å²) in [7, 11) is 2.13. The van der Waals surface area contributed by atoms with Crippen molar-refractivity contribution in [2.75, 3.05) is 7.05 Å². The molecular formula is C14H26N2O. The van der Waals surface area contributed by atoms with Gasteiger partial charge in [0.2, 0.25) is 0 Å². The minimum Gasteiger partial charge on any atom is -0.468 e. The van der Waals surface area contributed by atoms with Crippen LogP contribution in [0.15, 0.2) is 22.8 Å². The fourth-order valence-corrected chi connectivity index (χ4v) is 2.12. The predicted molar refractivity (Wildman–Crippen MR) is 71.8 cm³/mol. The molecule has 3 atom stereocenters. The zero-order chi connectivity index (χ0) is 13.0. The molecule has 0 aliphatic carbocycles. The van der Waals surface area contributed by atoms with Crippen molar-refractivity contribution >= 4 is 0 Å². The van der Waals surface area contributed by atoms with Crippen LogP contribution in [0.3, 0.4) is 0 Å². The Balaban J connectivity index is 2.91. The van der Waals surface area contributed by atoms with Crippen LogP contribution in [-0.2, 0) is 0 Å². The Morgan fingerprint density at radius 1 is 1.35 bits per heavy atom. The Hall–Kier alpha value is -0.800. The summed E-state index contributed by atoms with van der Waals surface area (Å²) in [4.78, 5) is 2.33. The largest absolute Gasteiger partial charge is 0.468 e. The van der Waals surface area contributed by atoms with E-state index in [1.54, 1.807) is 6.26 Å². The molecule has 0 aliphatic heterocycles. The molecule has 0 spiro atoms. The number of nitrogens with zero attached hydrogens (tertiary/aromatic N) is 1. The number of furan rings is 1. The van der Waals surface area contributed by atoms with Gasteiger partial charge in [-0.15, -0.1) is 0 Å². The first-order valence-corrected chi connectivity index (χ1v) is 6.49. The predicted octanol–water partition coefficient (Wildman–Crippen LogP) is 3.03. The van der Waals surface area contributed by atoms with Crippen LogP contribution in [0, 0.1) is 5.92 Å². The molecule has 3 unspecified atom stereocenters. The van der Waals surface area contributed by atoms with Crippen molar-refractivity contribution in [3.05, 3.63) is 24.2 Å². The van der Waals surface area contributed by atoms with Crippen LogP contribution in [0.1, 0.15) is 45.9 Å². The van der Waals surface area contributed by atoms with Crippen molar-refractivity contribution in [3.63, 3.8) is 0 Å². The van der Waals surface area contributed by atoms with Gasteiger partial charge in [-0.1, -0.05) is 20.8 Å². The second kappa shape index (κ2) is 6.22. The molecule has 0 aromatic carbocycles. The monoisotopic (exact) mass is 238 g/mol. The highest BCUT2D eigenvalue weighted by Crippen LogP contribution is 2.27. The van der Waals surface area contributed by atoms with E-state index >= 15 is 0 Å². The van der Waals surface area contributed by atoms with E-state index in [1.807, 2.05) is 12.1 Å². The highest BCUT2D eigenvalue weighted by atomic mass is 16.3. The van der Waals surface area contributed by atoms with Gasteiger partial charge in [-0.3, -0.25) is 4.90 Å². The van der Waals surface area contributed by atoms with Crippen molar-refractivity contribution in [1.82, 2.24) is 4.90 Å². The lowest BCUT2D eigenvalue weighted by Gasteiger charge is -2.37. The minimum absolute atomic E-state index is 0.104. The highest BCUT2D eigenvalue weighted by molar-refractivity contribution is 5.08. The van der Waals surface area contributed by atoms with Crippen LogP contribution >= 0.6 is 0 Å². The molecule has 0 aliphatic rings. The number of likely N-dealkylation sites (N-methyl/N-ethyl adjacent to an activating group) is 1. The van der Waals surface area contributed by atoms with Crippen molar-refractivity contribution in [2.45, 2.75) is 52.2 Å². The van der Waals surface area contributed by atoms with Crippen molar-refractivity contribution < 1.29 is 4.42 Å². The number of hydrogen-bond acceptors (Lipinski definition) is 3. The van der Waals surface area contributed by atoms with E-state index in [-0.39, 0.29) is 12.1 Å². The van der Waals surface area contributed by atoms with Gasteiger partial charge in [0.25, 0.3) is 0 Å². The molecule has 17 heavy (non-hydrogen) atoms. The maximum atomic E-state index is 6.25. The lowest BCUT2D eigenvalue weighted by atomic mass is 9.97. The lowest BCUT2D eigenvalue weighted by Crippen LogP contribution is -2.44. The third-order valence-corrected chi connectivity index (χ3v) is 3.76. The molecule has 0 saturated heterocycles. The fraction of sp³-hybridized carbons (Fsp3) is 0.714. The van der Waals surface area contributed by atoms with Crippen molar-refractivity contribution in [1.29, 1.82) is 0 Å². The van der Waals surface area contributed by atoms with E-state index in [2.05, 4.69) is 39.6 Å². The zero-order valence-electron chi connectivity index (χ0n) is 11.7. The Morgan fingerprint density at radius 2 is 2.00 bits per heavy atom. The smallest absolute Gasteiger partial charge is 0.122 e. The van der Waals surface area contributed by atoms with Crippen LogP contribution in [-0.4, -0.2) is 24.0 Å². The van der Waals surface area contributed by atoms with E-state index in [0.717, 1.165) is 12.2 Å². The van der Waals surface area contributed by atoms with Gasteiger partial charge in [0.15, 0.2) is 0 Å². The van der Waals surface area contributed by atoms with Gasteiger partial charge in [0.1, 0.15) is 5.76 Å². The standard InChI is InChI=1S/C14H26N2O/c1-6-12(15)14(13-8-7-9-17-13)16(5)11(4)10(2)3/h7-12,14H,6,15H2,1-5H3. The number of nitrogens with two attached hydrogens (primary N) is 1. The molecule has 1 aromatic rings. The molecule has 0 fully saturated rings. The van der Waals surface area contributed by atoms with E-state index in [0.29, 0.717) is 12.0 Å². The number of hydrogen-bond donors (Lipinski definition) is 1. The third-order valence-electron chi connectivity index (χ3n) is 3.76. The molecule has 0 bridgehead atoms. The van der Waals surface area contributed by atoms with Gasteiger partial charge in [0.05, 0.1) is 12.3 Å². The topological polar surface area (TPSA) is 42.4 Å². The van der Waals surface area contributed by atoms with Crippen LogP contribution < -0.4 is 5.73 Å². The van der Waals surface area contributed by atoms with Crippen LogP contribution in [0.5, 0.6) is 0 Å². The maximum absolute atomic E-state index is 6.25. The normalized spacial score (nSPS) is 17.4. The molecule has 2 N–H and O–H groups in total. The summed E-state index contributed by atoms with van der Waals surface area (Å²) < 4.78 is 5.55. The van der Waals surface area contributed by atoms with E-state index in [1.165, 1.54) is 0 Å². The van der Waals surface area contributed by atoms with Gasteiger partial charge in [-0.25, -0.2) is 0 Å². The second-order valence-electron chi connectivity index (χ2n) is 5.18. The van der Waals surface area contributed by atoms with Gasteiger partial charge in [-0.05, 0) is 38.4 Å². The van der Waals surface area contributed by atoms with Crippen LogP contribution in [0.2, 0.25) is 0 Å². The summed E-state index contributed by atoms with van der Waals surface area (Å²) in [5.74, 6) is 1.57. The van der Waals surface area contributed by atoms with E-state index in [9.17, 15) is 0 Å². The Kier molecular flexibility index (Phi) is 5.22. The Bertz CT molecular complexity index is 308.